The highest BCUT2D eigenvalue weighted by Crippen LogP contribution is 2.14. The zero-order chi connectivity index (χ0) is 17.6. The van der Waals surface area contributed by atoms with E-state index in [1.165, 1.54) is 0 Å². The first-order valence-corrected chi connectivity index (χ1v) is 7.99. The van der Waals surface area contributed by atoms with Crippen molar-refractivity contribution in [3.8, 4) is 0 Å². The molecule has 2 aromatic rings. The molecule has 6 heteroatoms. The zero-order valence-electron chi connectivity index (χ0n) is 14.4. The van der Waals surface area contributed by atoms with Crippen LogP contribution in [0.3, 0.4) is 0 Å². The van der Waals surface area contributed by atoms with Gasteiger partial charge >= 0.3 is 0 Å². The van der Waals surface area contributed by atoms with Crippen molar-refractivity contribution in [2.75, 3.05) is 7.11 Å². The van der Waals surface area contributed by atoms with Crippen LogP contribution in [0.1, 0.15) is 47.6 Å². The Bertz CT molecular complexity index is 657. The number of carbonyl (C=O) groups is 1. The van der Waals surface area contributed by atoms with Gasteiger partial charge in [-0.2, -0.15) is 5.10 Å². The van der Waals surface area contributed by atoms with E-state index >= 15 is 0 Å². The van der Waals surface area contributed by atoms with Gasteiger partial charge in [-0.25, -0.2) is 0 Å². The summed E-state index contributed by atoms with van der Waals surface area (Å²) in [5.41, 5.74) is 2.67. The Balaban J connectivity index is 1.85. The Morgan fingerprint density at radius 1 is 1.33 bits per heavy atom. The molecule has 0 radical (unpaired) electrons. The van der Waals surface area contributed by atoms with E-state index in [1.807, 2.05) is 18.2 Å². The van der Waals surface area contributed by atoms with Gasteiger partial charge in [0.05, 0.1) is 30.1 Å². The van der Waals surface area contributed by atoms with Crippen LogP contribution in [0, 0.1) is 0 Å². The number of aromatic nitrogens is 2. The Kier molecular flexibility index (Phi) is 6.11. The lowest BCUT2D eigenvalue weighted by Gasteiger charge is -2.16. The number of benzene rings is 1. The lowest BCUT2D eigenvalue weighted by molar-refractivity contribution is 0.0713. The van der Waals surface area contributed by atoms with Gasteiger partial charge in [-0.3, -0.25) is 9.89 Å². The summed E-state index contributed by atoms with van der Waals surface area (Å²) in [5.74, 6) is -0.132. The third-order valence-electron chi connectivity index (χ3n) is 3.66. The van der Waals surface area contributed by atoms with Crippen molar-refractivity contribution < 1.29 is 14.6 Å². The molecule has 6 nitrogen and oxygen atoms in total. The van der Waals surface area contributed by atoms with Crippen LogP contribution >= 0.6 is 0 Å². The highest BCUT2D eigenvalue weighted by atomic mass is 16.5. The first kappa shape index (κ1) is 18.2. The van der Waals surface area contributed by atoms with Crippen molar-refractivity contribution in [1.82, 2.24) is 15.5 Å². The summed E-state index contributed by atoms with van der Waals surface area (Å²) in [5, 5.41) is 19.6. The number of carbonyl (C=O) groups excluding carboxylic acids is 1. The van der Waals surface area contributed by atoms with Crippen molar-refractivity contribution >= 4 is 5.91 Å². The average Bonchev–Trinajstić information content (AvgIpc) is 2.98. The number of hydrogen-bond acceptors (Lipinski definition) is 4. The fourth-order valence-electron chi connectivity index (χ4n) is 2.27. The summed E-state index contributed by atoms with van der Waals surface area (Å²) in [6.07, 6.45) is 1.46. The number of methoxy groups -OCH3 is 1. The van der Waals surface area contributed by atoms with Crippen LogP contribution in [-0.2, 0) is 24.3 Å². The topological polar surface area (TPSA) is 87.2 Å². The summed E-state index contributed by atoms with van der Waals surface area (Å²) >= 11 is 0. The lowest BCUT2D eigenvalue weighted by Crippen LogP contribution is -2.23. The van der Waals surface area contributed by atoms with Crippen LogP contribution in [0.5, 0.6) is 0 Å². The Labute approximate surface area is 142 Å². The van der Waals surface area contributed by atoms with Crippen LogP contribution in [0.4, 0.5) is 0 Å². The Morgan fingerprint density at radius 2 is 2.04 bits per heavy atom. The van der Waals surface area contributed by atoms with Gasteiger partial charge in [-0.1, -0.05) is 12.1 Å². The summed E-state index contributed by atoms with van der Waals surface area (Å²) in [4.78, 5) is 12.2. The number of aryl methyl sites for hydroxylation is 1. The molecule has 130 valence electrons. The molecule has 0 unspecified atom stereocenters. The second-order valence-corrected chi connectivity index (χ2v) is 6.51. The van der Waals surface area contributed by atoms with Crippen molar-refractivity contribution in [3.05, 3.63) is 52.8 Å². The van der Waals surface area contributed by atoms with E-state index in [1.54, 1.807) is 33.1 Å². The molecular formula is C18H25N3O3. The van der Waals surface area contributed by atoms with Crippen LogP contribution in [0.2, 0.25) is 0 Å². The van der Waals surface area contributed by atoms with Crippen molar-refractivity contribution in [2.45, 2.75) is 45.4 Å². The van der Waals surface area contributed by atoms with Crippen molar-refractivity contribution in [1.29, 1.82) is 0 Å². The molecule has 0 aliphatic carbocycles. The molecular weight excluding hydrogens is 306 g/mol. The van der Waals surface area contributed by atoms with Crippen LogP contribution < -0.4 is 5.32 Å². The first-order chi connectivity index (χ1) is 11.4. The SMILES string of the molecule is COCc1cc(CNC(=O)c2ccc(CCC(C)(C)O)cc2)[nH]n1. The number of ether oxygens (including phenoxy) is 1. The molecule has 0 saturated heterocycles. The minimum absolute atomic E-state index is 0.132. The molecule has 0 aliphatic heterocycles. The molecule has 0 spiro atoms. The molecule has 1 amide bonds. The fourth-order valence-corrected chi connectivity index (χ4v) is 2.27. The molecule has 1 aromatic heterocycles. The molecule has 24 heavy (non-hydrogen) atoms. The standard InChI is InChI=1S/C18H25N3O3/c1-18(2,23)9-8-13-4-6-14(7-5-13)17(22)19-11-15-10-16(12-24-3)21-20-15/h4-7,10,23H,8-9,11-12H2,1-3H3,(H,19,22)(H,20,21). The van der Waals surface area contributed by atoms with Gasteiger partial charge in [-0.05, 0) is 50.5 Å². The third-order valence-corrected chi connectivity index (χ3v) is 3.66. The lowest BCUT2D eigenvalue weighted by atomic mass is 9.98. The highest BCUT2D eigenvalue weighted by Gasteiger charge is 2.12. The predicted molar refractivity (Wildman–Crippen MR) is 91.5 cm³/mol. The number of aliphatic hydroxyl groups is 1. The molecule has 0 fully saturated rings. The van der Waals surface area contributed by atoms with Gasteiger partial charge in [0.15, 0.2) is 0 Å². The summed E-state index contributed by atoms with van der Waals surface area (Å²) in [6, 6.07) is 9.32. The largest absolute Gasteiger partial charge is 0.390 e. The number of H-pyrrole nitrogens is 1. The summed E-state index contributed by atoms with van der Waals surface area (Å²) in [6.45, 7) is 4.41. The van der Waals surface area contributed by atoms with E-state index in [0.29, 0.717) is 25.1 Å². The number of rotatable bonds is 8. The maximum atomic E-state index is 12.2. The summed E-state index contributed by atoms with van der Waals surface area (Å²) < 4.78 is 5.00. The normalized spacial score (nSPS) is 11.5. The van der Waals surface area contributed by atoms with Crippen molar-refractivity contribution in [2.24, 2.45) is 0 Å². The van der Waals surface area contributed by atoms with E-state index in [-0.39, 0.29) is 5.91 Å². The first-order valence-electron chi connectivity index (χ1n) is 7.99. The minimum atomic E-state index is -0.679. The second-order valence-electron chi connectivity index (χ2n) is 6.51. The highest BCUT2D eigenvalue weighted by molar-refractivity contribution is 5.94. The van der Waals surface area contributed by atoms with Gasteiger partial charge in [0, 0.05) is 12.7 Å². The van der Waals surface area contributed by atoms with Crippen molar-refractivity contribution in [3.63, 3.8) is 0 Å². The molecule has 3 N–H and O–H groups in total. The van der Waals surface area contributed by atoms with Gasteiger partial charge in [-0.15, -0.1) is 0 Å². The van der Waals surface area contributed by atoms with Crippen LogP contribution in [-0.4, -0.2) is 33.9 Å². The molecule has 0 aliphatic rings. The number of nitrogens with one attached hydrogen (secondary N) is 2. The zero-order valence-corrected chi connectivity index (χ0v) is 14.4. The number of nitrogens with zero attached hydrogens (tertiary/aromatic N) is 1. The molecule has 1 aromatic carbocycles. The number of amides is 1. The molecule has 1 heterocycles. The Hall–Kier alpha value is -2.18. The van der Waals surface area contributed by atoms with E-state index in [4.69, 9.17) is 4.74 Å². The Morgan fingerprint density at radius 3 is 2.67 bits per heavy atom. The van der Waals surface area contributed by atoms with E-state index in [9.17, 15) is 9.90 Å². The predicted octanol–water partition coefficient (Wildman–Crippen LogP) is 2.19. The van der Waals surface area contributed by atoms with Crippen LogP contribution in [0.25, 0.3) is 0 Å². The molecule has 2 rings (SSSR count). The van der Waals surface area contributed by atoms with Gasteiger partial charge in [0.1, 0.15) is 0 Å². The van der Waals surface area contributed by atoms with E-state index < -0.39 is 5.60 Å². The number of hydrogen-bond donors (Lipinski definition) is 3. The number of aromatic amines is 1. The van der Waals surface area contributed by atoms with Gasteiger partial charge < -0.3 is 15.2 Å². The molecule has 0 saturated carbocycles. The average molecular weight is 331 g/mol. The van der Waals surface area contributed by atoms with Crippen LogP contribution in [0.15, 0.2) is 30.3 Å². The monoisotopic (exact) mass is 331 g/mol. The maximum Gasteiger partial charge on any atom is 0.251 e. The van der Waals surface area contributed by atoms with Gasteiger partial charge in [0.2, 0.25) is 0 Å². The molecule has 0 bridgehead atoms. The second kappa shape index (κ2) is 8.08. The minimum Gasteiger partial charge on any atom is -0.390 e. The third kappa shape index (κ3) is 5.79. The molecule has 0 atom stereocenters. The van der Waals surface area contributed by atoms with E-state index in [2.05, 4.69) is 15.5 Å². The fraction of sp³-hybridized carbons (Fsp3) is 0.444. The maximum absolute atomic E-state index is 12.2. The smallest absolute Gasteiger partial charge is 0.251 e. The quantitative estimate of drug-likeness (QED) is 0.692. The van der Waals surface area contributed by atoms with Gasteiger partial charge in [0.25, 0.3) is 5.91 Å². The summed E-state index contributed by atoms with van der Waals surface area (Å²) in [7, 11) is 1.61. The van der Waals surface area contributed by atoms with E-state index in [0.717, 1.165) is 23.4 Å².